The van der Waals surface area contributed by atoms with E-state index in [1.54, 1.807) is 0 Å². The molecule has 0 aliphatic carbocycles. The van der Waals surface area contributed by atoms with Gasteiger partial charge in [0.25, 0.3) is 0 Å². The van der Waals surface area contributed by atoms with Crippen LogP contribution in [0.4, 0.5) is 0 Å². The van der Waals surface area contributed by atoms with E-state index in [0.717, 1.165) is 48.5 Å². The van der Waals surface area contributed by atoms with E-state index in [9.17, 15) is 20.4 Å². The Morgan fingerprint density at radius 3 is 2.34 bits per heavy atom. The molecule has 4 rings (SSSR count). The summed E-state index contributed by atoms with van der Waals surface area (Å²) in [6.07, 6.45) is -3.09. The van der Waals surface area contributed by atoms with Gasteiger partial charge in [-0.3, -0.25) is 0 Å². The summed E-state index contributed by atoms with van der Waals surface area (Å²) in [5, 5.41) is 40.1. The molecule has 2 aliphatic rings. The second kappa shape index (κ2) is 10.3. The fourth-order valence-corrected chi connectivity index (χ4v) is 4.33. The summed E-state index contributed by atoms with van der Waals surface area (Å²) in [4.78, 5) is 0. The number of benzene rings is 2. The zero-order valence-electron chi connectivity index (χ0n) is 18.3. The molecule has 0 aromatic heterocycles. The van der Waals surface area contributed by atoms with Crippen LogP contribution in [0.15, 0.2) is 42.5 Å². The molecule has 0 bridgehead atoms. The number of aliphatic hydroxyl groups excluding tert-OH is 4. The second-order valence-electron chi connectivity index (χ2n) is 8.69. The average molecular weight is 445 g/mol. The van der Waals surface area contributed by atoms with Crippen LogP contribution in [0.5, 0.6) is 5.75 Å². The average Bonchev–Trinajstić information content (AvgIpc) is 2.81. The van der Waals surface area contributed by atoms with E-state index in [0.29, 0.717) is 12.0 Å². The largest absolute Gasteiger partial charge is 0.490 e. The maximum absolute atomic E-state index is 10.5. The maximum Gasteiger partial charge on any atom is 0.119 e. The Morgan fingerprint density at radius 1 is 0.938 bits per heavy atom. The molecule has 7 nitrogen and oxygen atoms in total. The van der Waals surface area contributed by atoms with Crippen LogP contribution in [0.2, 0.25) is 0 Å². The molecule has 2 saturated heterocycles. The number of hydrogen-bond acceptors (Lipinski definition) is 7. The van der Waals surface area contributed by atoms with Gasteiger partial charge < -0.3 is 34.6 Å². The number of ether oxygens (including phenoxy) is 3. The van der Waals surface area contributed by atoms with Crippen molar-refractivity contribution in [3.05, 3.63) is 64.7 Å². The SMILES string of the molecule is Cc1ccc([C@@H]2O[C@H](CO)[C@@H](O)[C@H](O)C2O)cc1Cc1ccc(OC2CCOCC2)cc1. The predicted octanol–water partition coefficient (Wildman–Crippen LogP) is 1.66. The number of aryl methyl sites for hydroxylation is 1. The first-order valence-corrected chi connectivity index (χ1v) is 11.2. The molecule has 174 valence electrons. The molecule has 0 saturated carbocycles. The lowest BCUT2D eigenvalue weighted by atomic mass is 9.89. The van der Waals surface area contributed by atoms with Crippen molar-refractivity contribution in [1.82, 2.24) is 0 Å². The van der Waals surface area contributed by atoms with Crippen LogP contribution in [0.1, 0.15) is 41.2 Å². The van der Waals surface area contributed by atoms with Gasteiger partial charge in [-0.1, -0.05) is 30.3 Å². The van der Waals surface area contributed by atoms with Crippen molar-refractivity contribution in [1.29, 1.82) is 0 Å². The zero-order chi connectivity index (χ0) is 22.7. The van der Waals surface area contributed by atoms with Gasteiger partial charge in [0.2, 0.25) is 0 Å². The molecule has 2 aromatic carbocycles. The van der Waals surface area contributed by atoms with Gasteiger partial charge in [-0.25, -0.2) is 0 Å². The van der Waals surface area contributed by atoms with E-state index in [1.807, 2.05) is 37.3 Å². The van der Waals surface area contributed by atoms with Gasteiger partial charge in [0, 0.05) is 12.8 Å². The van der Waals surface area contributed by atoms with Gasteiger partial charge in [0.05, 0.1) is 19.8 Å². The lowest BCUT2D eigenvalue weighted by Gasteiger charge is -2.40. The molecule has 0 radical (unpaired) electrons. The van der Waals surface area contributed by atoms with Gasteiger partial charge in [-0.2, -0.15) is 0 Å². The summed E-state index contributed by atoms with van der Waals surface area (Å²) in [7, 11) is 0. The third-order valence-electron chi connectivity index (χ3n) is 6.38. The molecule has 2 aromatic rings. The molecule has 32 heavy (non-hydrogen) atoms. The Balaban J connectivity index is 1.47. The molecule has 2 fully saturated rings. The molecule has 1 unspecified atom stereocenters. The number of aliphatic hydroxyl groups is 4. The van der Waals surface area contributed by atoms with Crippen molar-refractivity contribution < 1.29 is 34.6 Å². The van der Waals surface area contributed by atoms with Crippen molar-refractivity contribution in [2.45, 2.75) is 62.8 Å². The Bertz CT molecular complexity index is 876. The summed E-state index contributed by atoms with van der Waals surface area (Å²) in [5.74, 6) is 0.854. The van der Waals surface area contributed by atoms with E-state index in [2.05, 4.69) is 12.1 Å². The summed E-state index contributed by atoms with van der Waals surface area (Å²) in [6.45, 7) is 3.07. The Kier molecular flexibility index (Phi) is 7.45. The van der Waals surface area contributed by atoms with Crippen LogP contribution in [0.3, 0.4) is 0 Å². The highest BCUT2D eigenvalue weighted by Crippen LogP contribution is 2.33. The molecular weight excluding hydrogens is 412 g/mol. The molecule has 0 amide bonds. The van der Waals surface area contributed by atoms with Crippen LogP contribution >= 0.6 is 0 Å². The third kappa shape index (κ3) is 5.14. The van der Waals surface area contributed by atoms with E-state index in [1.165, 1.54) is 0 Å². The first kappa shape index (κ1) is 23.2. The Hall–Kier alpha value is -2.00. The topological polar surface area (TPSA) is 109 Å². The van der Waals surface area contributed by atoms with Crippen LogP contribution < -0.4 is 4.74 Å². The molecule has 0 spiro atoms. The van der Waals surface area contributed by atoms with Crippen LogP contribution in [-0.4, -0.2) is 70.8 Å². The van der Waals surface area contributed by atoms with Crippen molar-refractivity contribution in [3.8, 4) is 5.75 Å². The standard InChI is InChI=1S/C25H32O7/c1-15-2-5-17(25-24(29)23(28)22(27)21(14-26)32-25)13-18(15)12-16-3-6-19(7-4-16)31-20-8-10-30-11-9-20/h2-7,13,20-29H,8-12,14H2,1H3/t21-,22-,23+,24?,25+/m1/s1. The molecule has 4 N–H and O–H groups in total. The second-order valence-corrected chi connectivity index (χ2v) is 8.69. The van der Waals surface area contributed by atoms with E-state index >= 15 is 0 Å². The molecule has 2 heterocycles. The highest BCUT2D eigenvalue weighted by atomic mass is 16.5. The number of hydrogen-bond donors (Lipinski definition) is 4. The predicted molar refractivity (Wildman–Crippen MR) is 118 cm³/mol. The fourth-order valence-electron chi connectivity index (χ4n) is 4.33. The van der Waals surface area contributed by atoms with Gasteiger partial charge in [-0.15, -0.1) is 0 Å². The lowest BCUT2D eigenvalue weighted by Crippen LogP contribution is -2.55. The van der Waals surface area contributed by atoms with Gasteiger partial charge >= 0.3 is 0 Å². The van der Waals surface area contributed by atoms with Crippen molar-refractivity contribution in [2.24, 2.45) is 0 Å². The van der Waals surface area contributed by atoms with E-state index in [-0.39, 0.29) is 6.10 Å². The monoisotopic (exact) mass is 444 g/mol. The minimum absolute atomic E-state index is 0.201. The van der Waals surface area contributed by atoms with E-state index < -0.39 is 37.1 Å². The summed E-state index contributed by atoms with van der Waals surface area (Å²) >= 11 is 0. The Morgan fingerprint density at radius 2 is 1.66 bits per heavy atom. The normalized spacial score (nSPS) is 29.1. The molecular formula is C25H32O7. The van der Waals surface area contributed by atoms with E-state index in [4.69, 9.17) is 14.2 Å². The van der Waals surface area contributed by atoms with Crippen LogP contribution in [0.25, 0.3) is 0 Å². The Labute approximate surface area is 188 Å². The highest BCUT2D eigenvalue weighted by molar-refractivity contribution is 5.38. The van der Waals surface area contributed by atoms with Gasteiger partial charge in [-0.05, 0) is 47.7 Å². The van der Waals surface area contributed by atoms with Crippen LogP contribution in [-0.2, 0) is 15.9 Å². The summed E-state index contributed by atoms with van der Waals surface area (Å²) in [5.41, 5.74) is 3.98. The summed E-state index contributed by atoms with van der Waals surface area (Å²) in [6, 6.07) is 13.8. The van der Waals surface area contributed by atoms with Crippen molar-refractivity contribution >= 4 is 0 Å². The molecule has 7 heteroatoms. The number of rotatable bonds is 6. The highest BCUT2D eigenvalue weighted by Gasteiger charge is 2.43. The van der Waals surface area contributed by atoms with Gasteiger partial charge in [0.1, 0.15) is 42.4 Å². The van der Waals surface area contributed by atoms with Crippen molar-refractivity contribution in [3.63, 3.8) is 0 Å². The molecule has 5 atom stereocenters. The zero-order valence-corrected chi connectivity index (χ0v) is 18.3. The first-order valence-electron chi connectivity index (χ1n) is 11.2. The quantitative estimate of drug-likeness (QED) is 0.537. The molecule has 2 aliphatic heterocycles. The fraction of sp³-hybridized carbons (Fsp3) is 0.520. The summed E-state index contributed by atoms with van der Waals surface area (Å²) < 4.78 is 17.1. The maximum atomic E-state index is 10.5. The first-order chi connectivity index (χ1) is 15.5. The minimum atomic E-state index is -1.39. The smallest absolute Gasteiger partial charge is 0.119 e. The van der Waals surface area contributed by atoms with Gasteiger partial charge in [0.15, 0.2) is 0 Å². The van der Waals surface area contributed by atoms with Crippen LogP contribution in [0, 0.1) is 6.92 Å². The minimum Gasteiger partial charge on any atom is -0.490 e. The lowest BCUT2D eigenvalue weighted by molar-refractivity contribution is -0.231. The third-order valence-corrected chi connectivity index (χ3v) is 6.38. The van der Waals surface area contributed by atoms with Crippen molar-refractivity contribution in [2.75, 3.05) is 19.8 Å².